The minimum absolute atomic E-state index is 0.0946. The van der Waals surface area contributed by atoms with E-state index < -0.39 is 12.7 Å². The molecule has 0 aliphatic rings. The number of nitrogens with zero attached hydrogens (tertiary/aromatic N) is 6. The molecule has 2 aromatic rings. The van der Waals surface area contributed by atoms with Gasteiger partial charge in [0.25, 0.3) is 0 Å². The minimum Gasteiger partial charge on any atom is -0.441 e. The predicted octanol–water partition coefficient (Wildman–Crippen LogP) is 1.49. The highest BCUT2D eigenvalue weighted by Crippen LogP contribution is 2.21. The lowest BCUT2D eigenvalue weighted by Gasteiger charge is -2.10. The van der Waals surface area contributed by atoms with Crippen LogP contribution in [0.15, 0.2) is 4.52 Å². The number of aromatic nitrogens is 6. The van der Waals surface area contributed by atoms with Crippen LogP contribution >= 0.6 is 0 Å². The highest BCUT2D eigenvalue weighted by molar-refractivity contribution is 5.02. The fraction of sp³-hybridized carbons (Fsp3) is 0.700. The van der Waals surface area contributed by atoms with Crippen molar-refractivity contribution in [3.63, 3.8) is 0 Å². The molecule has 0 saturated carbocycles. The van der Waals surface area contributed by atoms with Crippen LogP contribution in [-0.2, 0) is 18.6 Å². The Labute approximate surface area is 117 Å². The molecule has 0 saturated heterocycles. The lowest BCUT2D eigenvalue weighted by molar-refractivity contribution is -0.143. The number of halogens is 3. The van der Waals surface area contributed by atoms with Gasteiger partial charge in [-0.25, -0.2) is 4.68 Å². The predicted molar refractivity (Wildman–Crippen MR) is 61.2 cm³/mol. The SMILES string of the molecule is CC(C)(C)c1noc(OCc2nnnn2CC(F)(F)F)n1. The number of ether oxygens (including phenoxy) is 1. The van der Waals surface area contributed by atoms with Crippen molar-refractivity contribution in [1.29, 1.82) is 0 Å². The molecule has 0 spiro atoms. The smallest absolute Gasteiger partial charge is 0.417 e. The van der Waals surface area contributed by atoms with Gasteiger partial charge in [0, 0.05) is 5.41 Å². The average molecular weight is 306 g/mol. The largest absolute Gasteiger partial charge is 0.441 e. The van der Waals surface area contributed by atoms with E-state index in [2.05, 4.69) is 25.7 Å². The summed E-state index contributed by atoms with van der Waals surface area (Å²) in [6.45, 7) is 4.03. The summed E-state index contributed by atoms with van der Waals surface area (Å²) in [5.74, 6) is 0.329. The summed E-state index contributed by atoms with van der Waals surface area (Å²) in [5, 5.41) is 13.6. The van der Waals surface area contributed by atoms with E-state index in [4.69, 9.17) is 9.26 Å². The zero-order chi connectivity index (χ0) is 15.7. The summed E-state index contributed by atoms with van der Waals surface area (Å²) in [5.41, 5.74) is -0.330. The Balaban J connectivity index is 2.01. The second-order valence-corrected chi connectivity index (χ2v) is 5.29. The van der Waals surface area contributed by atoms with Gasteiger partial charge in [0.15, 0.2) is 18.3 Å². The van der Waals surface area contributed by atoms with E-state index in [-0.39, 0.29) is 23.9 Å². The molecule has 0 aliphatic heterocycles. The molecule has 2 aromatic heterocycles. The molecule has 0 aliphatic carbocycles. The van der Waals surface area contributed by atoms with Crippen LogP contribution in [0.5, 0.6) is 6.08 Å². The molecule has 0 aromatic carbocycles. The lowest BCUT2D eigenvalue weighted by atomic mass is 9.96. The van der Waals surface area contributed by atoms with Crippen molar-refractivity contribution >= 4 is 0 Å². The normalized spacial score (nSPS) is 12.7. The molecular formula is C10H13F3N6O2. The van der Waals surface area contributed by atoms with E-state index in [1.165, 1.54) is 0 Å². The van der Waals surface area contributed by atoms with Crippen LogP contribution in [0.25, 0.3) is 0 Å². The van der Waals surface area contributed by atoms with Crippen LogP contribution in [0.4, 0.5) is 13.2 Å². The average Bonchev–Trinajstić information content (AvgIpc) is 2.92. The molecule has 2 heterocycles. The molecule has 0 atom stereocenters. The maximum Gasteiger partial charge on any atom is 0.417 e. The van der Waals surface area contributed by atoms with Gasteiger partial charge in [-0.1, -0.05) is 25.9 Å². The van der Waals surface area contributed by atoms with Gasteiger partial charge in [-0.2, -0.15) is 18.2 Å². The number of tetrazole rings is 1. The third kappa shape index (κ3) is 4.13. The summed E-state index contributed by atoms with van der Waals surface area (Å²) >= 11 is 0. The summed E-state index contributed by atoms with van der Waals surface area (Å²) in [4.78, 5) is 3.99. The molecular weight excluding hydrogens is 293 g/mol. The van der Waals surface area contributed by atoms with Gasteiger partial charge in [-0.05, 0) is 10.4 Å². The van der Waals surface area contributed by atoms with Crippen LogP contribution in [0.1, 0.15) is 32.4 Å². The van der Waals surface area contributed by atoms with E-state index >= 15 is 0 Å². The number of rotatable bonds is 4. The summed E-state index contributed by atoms with van der Waals surface area (Å²) < 4.78 is 47.5. The first-order valence-electron chi connectivity index (χ1n) is 5.94. The lowest BCUT2D eigenvalue weighted by Crippen LogP contribution is -2.21. The zero-order valence-electron chi connectivity index (χ0n) is 11.5. The van der Waals surface area contributed by atoms with Crippen molar-refractivity contribution in [2.75, 3.05) is 0 Å². The Hall–Kier alpha value is -2.20. The molecule has 21 heavy (non-hydrogen) atoms. The highest BCUT2D eigenvalue weighted by Gasteiger charge is 2.30. The van der Waals surface area contributed by atoms with Crippen molar-refractivity contribution in [2.45, 2.75) is 45.5 Å². The fourth-order valence-corrected chi connectivity index (χ4v) is 1.32. The molecule has 116 valence electrons. The van der Waals surface area contributed by atoms with E-state index in [1.54, 1.807) is 0 Å². The Morgan fingerprint density at radius 2 is 1.95 bits per heavy atom. The van der Waals surface area contributed by atoms with Crippen molar-refractivity contribution in [2.24, 2.45) is 0 Å². The highest BCUT2D eigenvalue weighted by atomic mass is 19.4. The second-order valence-electron chi connectivity index (χ2n) is 5.29. The molecule has 0 unspecified atom stereocenters. The number of hydrogen-bond acceptors (Lipinski definition) is 7. The van der Waals surface area contributed by atoms with Crippen molar-refractivity contribution in [3.05, 3.63) is 11.6 Å². The van der Waals surface area contributed by atoms with E-state index in [1.807, 2.05) is 20.8 Å². The summed E-state index contributed by atoms with van der Waals surface area (Å²) in [7, 11) is 0. The molecule has 2 rings (SSSR count). The van der Waals surface area contributed by atoms with Gasteiger partial charge in [-0.15, -0.1) is 5.10 Å². The number of hydrogen-bond donors (Lipinski definition) is 0. The van der Waals surface area contributed by atoms with Crippen molar-refractivity contribution < 1.29 is 22.4 Å². The van der Waals surface area contributed by atoms with Crippen molar-refractivity contribution in [3.8, 4) is 6.08 Å². The summed E-state index contributed by atoms with van der Waals surface area (Å²) in [6.07, 6.45) is -4.57. The van der Waals surface area contributed by atoms with Gasteiger partial charge in [0.05, 0.1) is 0 Å². The third-order valence-electron chi connectivity index (χ3n) is 2.34. The quantitative estimate of drug-likeness (QED) is 0.845. The minimum atomic E-state index is -4.42. The van der Waals surface area contributed by atoms with Crippen molar-refractivity contribution in [1.82, 2.24) is 30.3 Å². The van der Waals surface area contributed by atoms with E-state index in [9.17, 15) is 13.2 Å². The molecule has 0 amide bonds. The van der Waals surface area contributed by atoms with Gasteiger partial charge in [0.2, 0.25) is 0 Å². The Bertz CT molecular complexity index is 600. The van der Waals surface area contributed by atoms with Crippen LogP contribution in [0.3, 0.4) is 0 Å². The second kappa shape index (κ2) is 5.30. The van der Waals surface area contributed by atoms with Gasteiger partial charge < -0.3 is 4.74 Å². The fourth-order valence-electron chi connectivity index (χ4n) is 1.32. The Kier molecular flexibility index (Phi) is 3.83. The molecule has 8 nitrogen and oxygen atoms in total. The van der Waals surface area contributed by atoms with Gasteiger partial charge in [-0.3, -0.25) is 4.52 Å². The molecule has 0 radical (unpaired) electrons. The monoisotopic (exact) mass is 306 g/mol. The molecule has 11 heteroatoms. The van der Waals surface area contributed by atoms with Crippen LogP contribution in [0.2, 0.25) is 0 Å². The zero-order valence-corrected chi connectivity index (χ0v) is 11.5. The molecule has 0 fully saturated rings. The maximum absolute atomic E-state index is 12.3. The van der Waals surface area contributed by atoms with E-state index in [0.29, 0.717) is 10.5 Å². The van der Waals surface area contributed by atoms with Crippen LogP contribution in [-0.4, -0.2) is 36.5 Å². The number of alkyl halides is 3. The van der Waals surface area contributed by atoms with Gasteiger partial charge >= 0.3 is 12.3 Å². The van der Waals surface area contributed by atoms with Gasteiger partial charge in [0.1, 0.15) is 6.54 Å². The first kappa shape index (κ1) is 15.2. The van der Waals surface area contributed by atoms with E-state index in [0.717, 1.165) is 0 Å². The maximum atomic E-state index is 12.3. The first-order valence-corrected chi connectivity index (χ1v) is 5.94. The molecule has 0 bridgehead atoms. The summed E-state index contributed by atoms with van der Waals surface area (Å²) in [6, 6.07) is 0. The van der Waals surface area contributed by atoms with Crippen LogP contribution in [0, 0.1) is 0 Å². The molecule has 0 N–H and O–H groups in total. The topological polar surface area (TPSA) is 91.8 Å². The third-order valence-corrected chi connectivity index (χ3v) is 2.34. The Morgan fingerprint density at radius 1 is 1.24 bits per heavy atom. The first-order chi connectivity index (χ1) is 9.65. The standard InChI is InChI=1S/C10H13F3N6O2/c1-9(2,3)7-14-8(21-16-7)20-4-6-15-17-18-19(6)5-10(11,12)13/h4-5H2,1-3H3. The Morgan fingerprint density at radius 3 is 2.52 bits per heavy atom. The van der Waals surface area contributed by atoms with Crippen LogP contribution < -0.4 is 4.74 Å².